The van der Waals surface area contributed by atoms with E-state index in [1.807, 2.05) is 0 Å². The zero-order chi connectivity index (χ0) is 4.50. The molecule has 0 fully saturated rings. The molecular formula is C5H12B. The van der Waals surface area contributed by atoms with E-state index in [0.29, 0.717) is 5.41 Å². The highest BCUT2D eigenvalue weighted by atomic mass is 14.0. The van der Waals surface area contributed by atoms with Crippen LogP contribution >= 0.6 is 0 Å². The van der Waals surface area contributed by atoms with Crippen LogP contribution in [0.15, 0.2) is 0 Å². The molecule has 1 heteroatoms. The molecule has 0 atom stereocenters. The molecule has 0 aliphatic carbocycles. The Morgan fingerprint density at radius 2 is 0.833 bits per heavy atom. The summed E-state index contributed by atoms with van der Waals surface area (Å²) in [5.41, 5.74) is 0.500. The summed E-state index contributed by atoms with van der Waals surface area (Å²) in [6, 6.07) is 0. The first-order chi connectivity index (χ1) is 2.00. The van der Waals surface area contributed by atoms with Crippen LogP contribution in [-0.2, 0) is 0 Å². The van der Waals surface area contributed by atoms with E-state index in [2.05, 4.69) is 27.7 Å². The van der Waals surface area contributed by atoms with Crippen molar-refractivity contribution >= 4 is 8.41 Å². The molecule has 0 saturated heterocycles. The zero-order valence-corrected chi connectivity index (χ0v) is 5.08. The van der Waals surface area contributed by atoms with Gasteiger partial charge < -0.3 is 0 Å². The molecule has 0 bridgehead atoms. The van der Waals surface area contributed by atoms with Crippen LogP contribution < -0.4 is 0 Å². The van der Waals surface area contributed by atoms with Gasteiger partial charge in [-0.05, 0) is 5.41 Å². The Balaban J connectivity index is 0. The van der Waals surface area contributed by atoms with E-state index in [4.69, 9.17) is 0 Å². The molecule has 3 radical (unpaired) electrons. The minimum absolute atomic E-state index is 0. The Hall–Kier alpha value is 0.0649. The van der Waals surface area contributed by atoms with Crippen LogP contribution in [0.5, 0.6) is 0 Å². The van der Waals surface area contributed by atoms with E-state index < -0.39 is 0 Å². The van der Waals surface area contributed by atoms with Crippen LogP contribution in [0.25, 0.3) is 0 Å². The number of hydrogen-bond acceptors (Lipinski definition) is 0. The maximum Gasteiger partial charge on any atom is 0 e. The van der Waals surface area contributed by atoms with Gasteiger partial charge in [0.15, 0.2) is 0 Å². The molecule has 6 heavy (non-hydrogen) atoms. The van der Waals surface area contributed by atoms with Gasteiger partial charge in [-0.25, -0.2) is 0 Å². The Kier molecular flexibility index (Phi) is 3.57. The lowest BCUT2D eigenvalue weighted by Crippen LogP contribution is -1.93. The summed E-state index contributed by atoms with van der Waals surface area (Å²) in [4.78, 5) is 0. The second-order valence-electron chi connectivity index (χ2n) is 3.00. The van der Waals surface area contributed by atoms with Crippen molar-refractivity contribution in [1.82, 2.24) is 0 Å². The molecule has 0 heterocycles. The molecule has 0 amide bonds. The molecule has 0 nitrogen and oxygen atoms in total. The van der Waals surface area contributed by atoms with Crippen molar-refractivity contribution in [3.05, 3.63) is 0 Å². The molecule has 35 valence electrons. The van der Waals surface area contributed by atoms with E-state index in [-0.39, 0.29) is 8.41 Å². The SMILES string of the molecule is CC(C)(C)C.[B]. The Labute approximate surface area is 42.5 Å². The number of rotatable bonds is 0. The number of hydrogen-bond donors (Lipinski definition) is 0. The fraction of sp³-hybridized carbons (Fsp3) is 1.00. The van der Waals surface area contributed by atoms with E-state index >= 15 is 0 Å². The predicted octanol–water partition coefficient (Wildman–Crippen LogP) is 1.67. The van der Waals surface area contributed by atoms with Gasteiger partial charge >= 0.3 is 0 Å². The molecule has 0 saturated carbocycles. The van der Waals surface area contributed by atoms with Crippen LogP contribution in [0, 0.1) is 5.41 Å². The molecule has 0 spiro atoms. The summed E-state index contributed by atoms with van der Waals surface area (Å²) in [6.45, 7) is 8.75. The lowest BCUT2D eigenvalue weighted by atomic mass is 10.0. The molecule has 0 N–H and O–H groups in total. The monoisotopic (exact) mass is 83.1 g/mol. The Morgan fingerprint density at radius 3 is 0.833 bits per heavy atom. The molecule has 0 aromatic heterocycles. The van der Waals surface area contributed by atoms with Gasteiger partial charge in [0.25, 0.3) is 0 Å². The highest BCUT2D eigenvalue weighted by molar-refractivity contribution is 5.75. The Bertz CT molecular complexity index is 19.4. The van der Waals surface area contributed by atoms with Crippen LogP contribution in [-0.4, -0.2) is 8.41 Å². The highest BCUT2D eigenvalue weighted by Crippen LogP contribution is 2.07. The fourth-order valence-electron chi connectivity index (χ4n) is 0. The predicted molar refractivity (Wildman–Crippen MR) is 30.9 cm³/mol. The maximum atomic E-state index is 2.19. The van der Waals surface area contributed by atoms with Gasteiger partial charge in [0, 0.05) is 8.41 Å². The minimum atomic E-state index is 0. The average Bonchev–Trinajstić information content (AvgIpc) is 0.722. The summed E-state index contributed by atoms with van der Waals surface area (Å²) in [6.07, 6.45) is 0. The van der Waals surface area contributed by atoms with Crippen molar-refractivity contribution in [1.29, 1.82) is 0 Å². The van der Waals surface area contributed by atoms with Gasteiger partial charge in [-0.1, -0.05) is 27.7 Å². The maximum absolute atomic E-state index is 2.19. The first kappa shape index (κ1) is 9.42. The third-order valence-electron chi connectivity index (χ3n) is 0. The zero-order valence-electron chi connectivity index (χ0n) is 5.08. The van der Waals surface area contributed by atoms with Gasteiger partial charge in [-0.3, -0.25) is 0 Å². The average molecular weight is 83.0 g/mol. The summed E-state index contributed by atoms with van der Waals surface area (Å²) < 4.78 is 0. The normalized spacial score (nSPS) is 10.0. The molecule has 0 unspecified atom stereocenters. The van der Waals surface area contributed by atoms with E-state index in [0.717, 1.165) is 0 Å². The van der Waals surface area contributed by atoms with Crippen molar-refractivity contribution in [3.63, 3.8) is 0 Å². The van der Waals surface area contributed by atoms with E-state index in [1.165, 1.54) is 0 Å². The first-order valence-electron chi connectivity index (χ1n) is 2.00. The largest absolute Gasteiger partial charge is 0.0604 e. The summed E-state index contributed by atoms with van der Waals surface area (Å²) in [5.74, 6) is 0. The van der Waals surface area contributed by atoms with E-state index in [1.54, 1.807) is 0 Å². The third-order valence-corrected chi connectivity index (χ3v) is 0. The van der Waals surface area contributed by atoms with Crippen molar-refractivity contribution in [2.75, 3.05) is 0 Å². The minimum Gasteiger partial charge on any atom is -0.0604 e. The topological polar surface area (TPSA) is 0 Å². The van der Waals surface area contributed by atoms with Gasteiger partial charge in [0.05, 0.1) is 0 Å². The standard InChI is InChI=1S/C5H12.B/c1-5(2,3)4;/h1-4H3;. The molecule has 0 aliphatic heterocycles. The summed E-state index contributed by atoms with van der Waals surface area (Å²) >= 11 is 0. The molecule has 0 aromatic carbocycles. The molecule has 0 aromatic rings. The van der Waals surface area contributed by atoms with Gasteiger partial charge in [-0.2, -0.15) is 0 Å². The van der Waals surface area contributed by atoms with Crippen LogP contribution in [0.2, 0.25) is 0 Å². The smallest absolute Gasteiger partial charge is 0 e. The van der Waals surface area contributed by atoms with Crippen LogP contribution in [0.4, 0.5) is 0 Å². The molecule has 0 aliphatic rings. The van der Waals surface area contributed by atoms with Gasteiger partial charge in [0.2, 0.25) is 0 Å². The van der Waals surface area contributed by atoms with Crippen LogP contribution in [0.3, 0.4) is 0 Å². The molecular weight excluding hydrogens is 70.9 g/mol. The first-order valence-corrected chi connectivity index (χ1v) is 2.00. The van der Waals surface area contributed by atoms with Gasteiger partial charge in [0.1, 0.15) is 0 Å². The molecule has 0 rings (SSSR count). The Morgan fingerprint density at radius 1 is 0.833 bits per heavy atom. The lowest BCUT2D eigenvalue weighted by molar-refractivity contribution is 0.469. The fourth-order valence-corrected chi connectivity index (χ4v) is 0. The van der Waals surface area contributed by atoms with Crippen molar-refractivity contribution < 1.29 is 0 Å². The third kappa shape index (κ3) is 9060. The van der Waals surface area contributed by atoms with Crippen molar-refractivity contribution in [2.24, 2.45) is 5.41 Å². The lowest BCUT2D eigenvalue weighted by Gasteiger charge is -2.05. The van der Waals surface area contributed by atoms with Crippen LogP contribution in [0.1, 0.15) is 27.7 Å². The summed E-state index contributed by atoms with van der Waals surface area (Å²) in [5, 5.41) is 0. The second-order valence-corrected chi connectivity index (χ2v) is 3.00. The second kappa shape index (κ2) is 2.28. The van der Waals surface area contributed by atoms with Crippen molar-refractivity contribution in [2.45, 2.75) is 27.7 Å². The quantitative estimate of drug-likeness (QED) is 0.391. The van der Waals surface area contributed by atoms with E-state index in [9.17, 15) is 0 Å². The van der Waals surface area contributed by atoms with Gasteiger partial charge in [-0.15, -0.1) is 0 Å². The highest BCUT2D eigenvalue weighted by Gasteiger charge is 1.95. The summed E-state index contributed by atoms with van der Waals surface area (Å²) in [7, 11) is 0. The van der Waals surface area contributed by atoms with Crippen molar-refractivity contribution in [3.8, 4) is 0 Å².